The molecule has 166 valence electrons. The number of rotatable bonds is 11. The largest absolute Gasteiger partial charge is 0.465 e. The number of unbranched alkanes of at least 4 members (excludes halogenated alkanes) is 2. The van der Waals surface area contributed by atoms with Crippen molar-refractivity contribution in [2.45, 2.75) is 44.4 Å². The second-order valence-corrected chi connectivity index (χ2v) is 10.1. The van der Waals surface area contributed by atoms with Gasteiger partial charge in [-0.05, 0) is 49.2 Å². The summed E-state index contributed by atoms with van der Waals surface area (Å²) in [6, 6.07) is 8.40. The Morgan fingerprint density at radius 1 is 1.19 bits per heavy atom. The molecule has 3 aromatic rings. The molecule has 1 amide bonds. The van der Waals surface area contributed by atoms with E-state index in [2.05, 4.69) is 10.3 Å². The van der Waals surface area contributed by atoms with E-state index in [0.29, 0.717) is 34.2 Å². The Morgan fingerprint density at radius 3 is 2.58 bits per heavy atom. The molecule has 0 radical (unpaired) electrons. The lowest BCUT2D eigenvalue weighted by atomic mass is 10.3. The van der Waals surface area contributed by atoms with Gasteiger partial charge in [0.1, 0.15) is 5.76 Å². The van der Waals surface area contributed by atoms with E-state index in [0.717, 1.165) is 25.7 Å². The van der Waals surface area contributed by atoms with Crippen LogP contribution >= 0.6 is 11.3 Å². The molecule has 2 aromatic heterocycles. The summed E-state index contributed by atoms with van der Waals surface area (Å²) in [7, 11) is -3.58. The smallest absolute Gasteiger partial charge is 0.250 e. The Kier molecular flexibility index (Phi) is 8.00. The molecule has 0 aliphatic rings. The summed E-state index contributed by atoms with van der Waals surface area (Å²) in [6.45, 7) is 5.13. The number of furan rings is 1. The summed E-state index contributed by atoms with van der Waals surface area (Å²) in [5.41, 5.74) is 0.642. The molecule has 7 nitrogen and oxygen atoms in total. The minimum Gasteiger partial charge on any atom is -0.465 e. The number of amides is 1. The topological polar surface area (TPSA) is 92.5 Å². The van der Waals surface area contributed by atoms with E-state index in [1.165, 1.54) is 23.7 Å². The van der Waals surface area contributed by atoms with Crippen molar-refractivity contribution in [1.82, 2.24) is 9.29 Å². The molecule has 1 aromatic carbocycles. The third kappa shape index (κ3) is 6.03. The van der Waals surface area contributed by atoms with Gasteiger partial charge in [0.15, 0.2) is 5.13 Å². The van der Waals surface area contributed by atoms with Gasteiger partial charge in [-0.15, -0.1) is 0 Å². The highest BCUT2D eigenvalue weighted by molar-refractivity contribution is 7.89. The zero-order valence-corrected chi connectivity index (χ0v) is 19.3. The van der Waals surface area contributed by atoms with Crippen LogP contribution in [-0.4, -0.2) is 36.7 Å². The lowest BCUT2D eigenvalue weighted by molar-refractivity contribution is -0.111. The summed E-state index contributed by atoms with van der Waals surface area (Å²) in [4.78, 5) is 16.8. The van der Waals surface area contributed by atoms with E-state index < -0.39 is 10.0 Å². The fraction of sp³-hybridized carbons (Fsp3) is 0.364. The fourth-order valence-corrected chi connectivity index (χ4v) is 5.51. The molecule has 3 rings (SSSR count). The van der Waals surface area contributed by atoms with Gasteiger partial charge in [0, 0.05) is 19.2 Å². The molecule has 0 bridgehead atoms. The van der Waals surface area contributed by atoms with Crippen LogP contribution in [0.15, 0.2) is 52.0 Å². The van der Waals surface area contributed by atoms with Crippen molar-refractivity contribution >= 4 is 48.7 Å². The van der Waals surface area contributed by atoms with Crippen molar-refractivity contribution in [1.29, 1.82) is 0 Å². The fourth-order valence-electron chi connectivity index (χ4n) is 2.98. The highest BCUT2D eigenvalue weighted by Gasteiger charge is 2.24. The molecular weight excluding hydrogens is 434 g/mol. The molecular formula is C22H27N3O4S2. The molecule has 0 saturated carbocycles. The normalized spacial score (nSPS) is 12.2. The van der Waals surface area contributed by atoms with Crippen LogP contribution in [0, 0.1) is 0 Å². The maximum absolute atomic E-state index is 13.2. The zero-order chi connectivity index (χ0) is 22.3. The molecule has 1 N–H and O–H groups in total. The SMILES string of the molecule is CCCCN(CCCC)S(=O)(=O)c1ccc2nc(NC(=O)C=Cc3ccco3)sc2c1. The molecule has 0 atom stereocenters. The van der Waals surface area contributed by atoms with E-state index in [9.17, 15) is 13.2 Å². The molecule has 31 heavy (non-hydrogen) atoms. The van der Waals surface area contributed by atoms with Crippen LogP contribution < -0.4 is 5.32 Å². The first kappa shape index (κ1) is 23.2. The zero-order valence-electron chi connectivity index (χ0n) is 17.7. The summed E-state index contributed by atoms with van der Waals surface area (Å²) < 4.78 is 33.8. The number of hydrogen-bond donors (Lipinski definition) is 1. The third-order valence-corrected chi connectivity index (χ3v) is 7.52. The maximum Gasteiger partial charge on any atom is 0.250 e. The summed E-state index contributed by atoms with van der Waals surface area (Å²) >= 11 is 1.24. The van der Waals surface area contributed by atoms with Gasteiger partial charge in [0.25, 0.3) is 0 Å². The van der Waals surface area contributed by atoms with E-state index in [4.69, 9.17) is 4.42 Å². The third-order valence-electron chi connectivity index (χ3n) is 4.69. The molecule has 0 aliphatic carbocycles. The van der Waals surface area contributed by atoms with Crippen molar-refractivity contribution in [2.75, 3.05) is 18.4 Å². The summed E-state index contributed by atoms with van der Waals surface area (Å²) in [6.07, 6.45) is 7.98. The number of nitrogens with one attached hydrogen (secondary N) is 1. The Bertz CT molecular complexity index is 1130. The van der Waals surface area contributed by atoms with E-state index in [1.807, 2.05) is 13.8 Å². The van der Waals surface area contributed by atoms with Crippen molar-refractivity contribution in [3.05, 3.63) is 48.4 Å². The maximum atomic E-state index is 13.2. The van der Waals surface area contributed by atoms with Crippen LogP contribution in [0.3, 0.4) is 0 Å². The number of carbonyl (C=O) groups excluding carboxylic acids is 1. The Balaban J connectivity index is 1.78. The minimum absolute atomic E-state index is 0.256. The molecule has 2 heterocycles. The second-order valence-electron chi connectivity index (χ2n) is 7.10. The van der Waals surface area contributed by atoms with Gasteiger partial charge >= 0.3 is 0 Å². The lowest BCUT2D eigenvalue weighted by Gasteiger charge is -2.21. The number of hydrogen-bond acceptors (Lipinski definition) is 6. The van der Waals surface area contributed by atoms with Crippen LogP contribution in [0.5, 0.6) is 0 Å². The van der Waals surface area contributed by atoms with Gasteiger partial charge < -0.3 is 4.42 Å². The van der Waals surface area contributed by atoms with Crippen molar-refractivity contribution in [2.24, 2.45) is 0 Å². The quantitative estimate of drug-likeness (QED) is 0.400. The predicted octanol–water partition coefficient (Wildman–Crippen LogP) is 5.13. The molecule has 0 unspecified atom stereocenters. The van der Waals surface area contributed by atoms with Crippen LogP contribution in [0.2, 0.25) is 0 Å². The minimum atomic E-state index is -3.58. The van der Waals surface area contributed by atoms with E-state index in [1.54, 1.807) is 40.7 Å². The lowest BCUT2D eigenvalue weighted by Crippen LogP contribution is -2.33. The Morgan fingerprint density at radius 2 is 1.94 bits per heavy atom. The van der Waals surface area contributed by atoms with Crippen molar-refractivity contribution in [3.63, 3.8) is 0 Å². The Hall–Kier alpha value is -2.49. The first-order valence-corrected chi connectivity index (χ1v) is 12.6. The monoisotopic (exact) mass is 461 g/mol. The first-order chi connectivity index (χ1) is 14.9. The molecule has 0 aliphatic heterocycles. The molecule has 0 fully saturated rings. The average molecular weight is 462 g/mol. The van der Waals surface area contributed by atoms with Crippen LogP contribution in [-0.2, 0) is 14.8 Å². The number of sulfonamides is 1. The van der Waals surface area contributed by atoms with E-state index >= 15 is 0 Å². The summed E-state index contributed by atoms with van der Waals surface area (Å²) in [5.74, 6) is 0.235. The number of benzene rings is 1. The predicted molar refractivity (Wildman–Crippen MR) is 125 cm³/mol. The standard InChI is InChI=1S/C22H27N3O4S2/c1-3-5-13-25(14-6-4-2)31(27,28)18-10-11-19-20(16-18)30-22(23-19)24-21(26)12-9-17-8-7-15-29-17/h7-12,15-16H,3-6,13-14H2,1-2H3,(H,23,24,26). The molecule has 0 spiro atoms. The van der Waals surface area contributed by atoms with Gasteiger partial charge in [-0.25, -0.2) is 13.4 Å². The average Bonchev–Trinajstić information content (AvgIpc) is 3.40. The van der Waals surface area contributed by atoms with Gasteiger partial charge in [0.2, 0.25) is 15.9 Å². The van der Waals surface area contributed by atoms with Gasteiger partial charge in [0.05, 0.1) is 21.4 Å². The summed E-state index contributed by atoms with van der Waals surface area (Å²) in [5, 5.41) is 3.12. The highest BCUT2D eigenvalue weighted by Crippen LogP contribution is 2.29. The second kappa shape index (κ2) is 10.7. The van der Waals surface area contributed by atoms with E-state index in [-0.39, 0.29) is 10.8 Å². The van der Waals surface area contributed by atoms with Crippen LogP contribution in [0.1, 0.15) is 45.3 Å². The number of nitrogens with zero attached hydrogens (tertiary/aromatic N) is 2. The number of anilines is 1. The number of carbonyl (C=O) groups is 1. The van der Waals surface area contributed by atoms with Crippen molar-refractivity contribution in [3.8, 4) is 0 Å². The number of fused-ring (bicyclic) bond motifs is 1. The highest BCUT2D eigenvalue weighted by atomic mass is 32.2. The van der Waals surface area contributed by atoms with Crippen molar-refractivity contribution < 1.29 is 17.6 Å². The van der Waals surface area contributed by atoms with Gasteiger partial charge in [-0.1, -0.05) is 38.0 Å². The van der Waals surface area contributed by atoms with Crippen LogP contribution in [0.25, 0.3) is 16.3 Å². The number of aromatic nitrogens is 1. The van der Waals surface area contributed by atoms with Crippen LogP contribution in [0.4, 0.5) is 5.13 Å². The Labute approximate surface area is 186 Å². The van der Waals surface area contributed by atoms with Gasteiger partial charge in [-0.3, -0.25) is 10.1 Å². The van der Waals surface area contributed by atoms with Gasteiger partial charge in [-0.2, -0.15) is 4.31 Å². The number of thiazole rings is 1. The molecule has 0 saturated heterocycles. The molecule has 9 heteroatoms. The first-order valence-electron chi connectivity index (χ1n) is 10.4.